The third-order valence-corrected chi connectivity index (χ3v) is 11.8. The maximum absolute atomic E-state index is 6.46. The van der Waals surface area contributed by atoms with Gasteiger partial charge in [-0.05, 0) is 137 Å². The molecular formula is C55H47NO. The summed E-state index contributed by atoms with van der Waals surface area (Å²) in [6.45, 7) is 8.92. The van der Waals surface area contributed by atoms with Crippen LogP contribution in [0.1, 0.15) is 65.1 Å². The zero-order chi connectivity index (χ0) is 38.9. The molecule has 9 rings (SSSR count). The lowest BCUT2D eigenvalue weighted by molar-refractivity contribution is 0.481. The van der Waals surface area contributed by atoms with Gasteiger partial charge in [0.05, 0.1) is 5.41 Å². The van der Waals surface area contributed by atoms with Crippen molar-refractivity contribution in [1.82, 2.24) is 0 Å². The van der Waals surface area contributed by atoms with Gasteiger partial charge in [-0.25, -0.2) is 0 Å². The van der Waals surface area contributed by atoms with Crippen LogP contribution in [0.25, 0.3) is 22.3 Å². The highest BCUT2D eigenvalue weighted by atomic mass is 16.5. The predicted octanol–water partition coefficient (Wildman–Crippen LogP) is 15.1. The van der Waals surface area contributed by atoms with Crippen molar-refractivity contribution in [1.29, 1.82) is 0 Å². The SMILES string of the molecule is CCC(C)c1ccc(Oc2ccc(C3(c4cc(C)cc(C)c4)c4ccccc4-c4ccc(N(c5ccccc5)c5ccc(-c6ccccc6)cc5)cc43)cc2)cc1. The minimum atomic E-state index is -0.575. The Bertz CT molecular complexity index is 2630. The number of benzene rings is 8. The zero-order valence-electron chi connectivity index (χ0n) is 33.1. The van der Waals surface area contributed by atoms with Gasteiger partial charge in [0.15, 0.2) is 0 Å². The van der Waals surface area contributed by atoms with Crippen LogP contribution in [0.4, 0.5) is 17.1 Å². The van der Waals surface area contributed by atoms with Crippen molar-refractivity contribution in [2.24, 2.45) is 0 Å². The van der Waals surface area contributed by atoms with Gasteiger partial charge in [-0.15, -0.1) is 0 Å². The molecular weight excluding hydrogens is 691 g/mol. The Morgan fingerprint density at radius 2 is 1.02 bits per heavy atom. The molecule has 0 radical (unpaired) electrons. The van der Waals surface area contributed by atoms with Crippen molar-refractivity contribution in [3.8, 4) is 33.8 Å². The normalized spacial score (nSPS) is 14.7. The van der Waals surface area contributed by atoms with Gasteiger partial charge in [-0.2, -0.15) is 0 Å². The Morgan fingerprint density at radius 1 is 0.474 bits per heavy atom. The molecule has 8 aromatic rings. The Labute approximate surface area is 337 Å². The molecule has 1 aliphatic rings. The molecule has 0 saturated heterocycles. The molecule has 0 spiro atoms. The number of nitrogens with zero attached hydrogens (tertiary/aromatic N) is 1. The summed E-state index contributed by atoms with van der Waals surface area (Å²) in [5, 5.41) is 0. The summed E-state index contributed by atoms with van der Waals surface area (Å²) in [7, 11) is 0. The topological polar surface area (TPSA) is 12.5 Å². The average molecular weight is 738 g/mol. The largest absolute Gasteiger partial charge is 0.457 e. The van der Waals surface area contributed by atoms with Crippen LogP contribution >= 0.6 is 0 Å². The number of hydrogen-bond donors (Lipinski definition) is 0. The van der Waals surface area contributed by atoms with Gasteiger partial charge in [0.1, 0.15) is 11.5 Å². The van der Waals surface area contributed by atoms with E-state index < -0.39 is 5.41 Å². The van der Waals surface area contributed by atoms with Gasteiger partial charge in [0.25, 0.3) is 0 Å². The Morgan fingerprint density at radius 3 is 1.68 bits per heavy atom. The Balaban J connectivity index is 1.21. The van der Waals surface area contributed by atoms with E-state index in [1.807, 2.05) is 0 Å². The molecule has 0 aliphatic heterocycles. The monoisotopic (exact) mass is 737 g/mol. The fourth-order valence-corrected chi connectivity index (χ4v) is 8.85. The third-order valence-electron chi connectivity index (χ3n) is 11.8. The molecule has 57 heavy (non-hydrogen) atoms. The molecule has 0 amide bonds. The Hall–Kier alpha value is -6.64. The van der Waals surface area contributed by atoms with Crippen LogP contribution in [0.15, 0.2) is 194 Å². The summed E-state index contributed by atoms with van der Waals surface area (Å²) in [5.74, 6) is 2.19. The lowest BCUT2D eigenvalue weighted by Gasteiger charge is -2.35. The Kier molecular flexibility index (Phi) is 9.56. The highest BCUT2D eigenvalue weighted by Crippen LogP contribution is 2.57. The van der Waals surface area contributed by atoms with E-state index in [0.717, 1.165) is 35.0 Å². The molecule has 0 N–H and O–H groups in total. The summed E-state index contributed by atoms with van der Waals surface area (Å²) >= 11 is 0. The number of hydrogen-bond acceptors (Lipinski definition) is 2. The summed E-state index contributed by atoms with van der Waals surface area (Å²) < 4.78 is 6.46. The van der Waals surface area contributed by atoms with Crippen molar-refractivity contribution in [2.45, 2.75) is 45.4 Å². The van der Waals surface area contributed by atoms with Crippen molar-refractivity contribution >= 4 is 17.1 Å². The van der Waals surface area contributed by atoms with Crippen LogP contribution < -0.4 is 9.64 Å². The summed E-state index contributed by atoms with van der Waals surface area (Å²) in [4.78, 5) is 2.38. The van der Waals surface area contributed by atoms with E-state index in [9.17, 15) is 0 Å². The molecule has 2 heteroatoms. The lowest BCUT2D eigenvalue weighted by atomic mass is 9.67. The number of para-hydroxylation sites is 1. The van der Waals surface area contributed by atoms with Gasteiger partial charge < -0.3 is 9.64 Å². The molecule has 0 heterocycles. The van der Waals surface area contributed by atoms with Crippen molar-refractivity contribution in [3.63, 3.8) is 0 Å². The van der Waals surface area contributed by atoms with Gasteiger partial charge in [0.2, 0.25) is 0 Å². The second-order valence-corrected chi connectivity index (χ2v) is 15.5. The molecule has 2 atom stereocenters. The van der Waals surface area contributed by atoms with Crippen molar-refractivity contribution in [3.05, 3.63) is 233 Å². The zero-order valence-corrected chi connectivity index (χ0v) is 33.1. The van der Waals surface area contributed by atoms with E-state index in [-0.39, 0.29) is 0 Å². The third kappa shape index (κ3) is 6.62. The summed E-state index contributed by atoms with van der Waals surface area (Å²) in [6, 6.07) is 70.7. The molecule has 278 valence electrons. The lowest BCUT2D eigenvalue weighted by Crippen LogP contribution is -2.29. The first-order chi connectivity index (χ1) is 27.9. The van der Waals surface area contributed by atoms with E-state index >= 15 is 0 Å². The number of rotatable bonds is 10. The van der Waals surface area contributed by atoms with E-state index in [0.29, 0.717) is 5.92 Å². The van der Waals surface area contributed by atoms with E-state index in [1.54, 1.807) is 0 Å². The maximum atomic E-state index is 6.46. The summed E-state index contributed by atoms with van der Waals surface area (Å²) in [5.41, 5.74) is 16.5. The quantitative estimate of drug-likeness (QED) is 0.139. The number of fused-ring (bicyclic) bond motifs is 3. The second-order valence-electron chi connectivity index (χ2n) is 15.5. The first-order valence-corrected chi connectivity index (χ1v) is 20.1. The highest BCUT2D eigenvalue weighted by Gasteiger charge is 2.46. The second kappa shape index (κ2) is 15.1. The maximum Gasteiger partial charge on any atom is 0.127 e. The van der Waals surface area contributed by atoms with E-state index in [1.165, 1.54) is 61.2 Å². The first kappa shape index (κ1) is 36.0. The van der Waals surface area contributed by atoms with Crippen LogP contribution in [-0.2, 0) is 5.41 Å². The van der Waals surface area contributed by atoms with Gasteiger partial charge in [0, 0.05) is 17.1 Å². The van der Waals surface area contributed by atoms with Crippen LogP contribution in [0.2, 0.25) is 0 Å². The number of ether oxygens (including phenoxy) is 1. The standard InChI is InChI=1S/C55H47NO/c1-5-40(4)41-22-29-49(30-23-41)57-50-31-24-44(25-32-50)55(45-35-38(2)34-39(3)36-45)53-19-13-12-18-51(53)52-33-28-48(37-54(52)55)56(46-16-10-7-11-17-46)47-26-20-43(21-27-47)42-14-8-6-9-15-42/h6-37,40H,5H2,1-4H3. The molecule has 1 aliphatic carbocycles. The molecule has 0 fully saturated rings. The predicted molar refractivity (Wildman–Crippen MR) is 239 cm³/mol. The van der Waals surface area contributed by atoms with Crippen LogP contribution in [0, 0.1) is 13.8 Å². The van der Waals surface area contributed by atoms with Crippen molar-refractivity contribution < 1.29 is 4.74 Å². The smallest absolute Gasteiger partial charge is 0.127 e. The van der Waals surface area contributed by atoms with Crippen LogP contribution in [0.5, 0.6) is 11.5 Å². The van der Waals surface area contributed by atoms with Gasteiger partial charge in [-0.1, -0.05) is 158 Å². The molecule has 2 unspecified atom stereocenters. The molecule has 8 aromatic carbocycles. The number of aryl methyl sites for hydroxylation is 2. The number of anilines is 3. The fraction of sp³-hybridized carbons (Fsp3) is 0.127. The first-order valence-electron chi connectivity index (χ1n) is 20.1. The molecule has 0 saturated carbocycles. The highest BCUT2D eigenvalue weighted by molar-refractivity contribution is 5.89. The van der Waals surface area contributed by atoms with Crippen LogP contribution in [-0.4, -0.2) is 0 Å². The minimum absolute atomic E-state index is 0.525. The molecule has 2 nitrogen and oxygen atoms in total. The summed E-state index contributed by atoms with van der Waals surface area (Å²) in [6.07, 6.45) is 1.11. The van der Waals surface area contributed by atoms with Crippen LogP contribution in [0.3, 0.4) is 0 Å². The average Bonchev–Trinajstić information content (AvgIpc) is 3.55. The van der Waals surface area contributed by atoms with E-state index in [4.69, 9.17) is 4.74 Å². The van der Waals surface area contributed by atoms with Gasteiger partial charge in [-0.3, -0.25) is 0 Å². The van der Waals surface area contributed by atoms with E-state index in [2.05, 4.69) is 227 Å². The fourth-order valence-electron chi connectivity index (χ4n) is 8.85. The van der Waals surface area contributed by atoms with Crippen molar-refractivity contribution in [2.75, 3.05) is 4.90 Å². The molecule has 0 bridgehead atoms. The van der Waals surface area contributed by atoms with Gasteiger partial charge >= 0.3 is 0 Å². The minimum Gasteiger partial charge on any atom is -0.457 e. The molecule has 0 aromatic heterocycles.